The first-order valence-corrected chi connectivity index (χ1v) is 9.65. The molecule has 1 amide bonds. The Hall–Kier alpha value is -2.72. The molecule has 26 heavy (non-hydrogen) atoms. The van der Waals surface area contributed by atoms with E-state index in [2.05, 4.69) is 16.2 Å². The van der Waals surface area contributed by atoms with Crippen LogP contribution >= 0.6 is 12.2 Å². The van der Waals surface area contributed by atoms with Crippen molar-refractivity contribution in [3.63, 3.8) is 0 Å². The van der Waals surface area contributed by atoms with E-state index >= 15 is 0 Å². The molecule has 0 aliphatic rings. The summed E-state index contributed by atoms with van der Waals surface area (Å²) in [5, 5.41) is 2.99. The van der Waals surface area contributed by atoms with Gasteiger partial charge in [0.1, 0.15) is 12.4 Å². The standard InChI is InChI=1S/C16H17FN4O3S2/c1-26(23,24)21(14-9-7-12(17)8-10-14)11-15(22)19-20-16(25)18-13-5-3-2-4-6-13/h2-10H,11H2,1H3,(H,19,22)(H2,18,20,25). The molecule has 0 aliphatic carbocycles. The number of benzene rings is 2. The van der Waals surface area contributed by atoms with Gasteiger partial charge in [-0.2, -0.15) is 0 Å². The molecule has 0 aromatic heterocycles. The zero-order chi connectivity index (χ0) is 19.2. The van der Waals surface area contributed by atoms with E-state index < -0.39 is 28.3 Å². The number of carbonyl (C=O) groups is 1. The molecule has 138 valence electrons. The van der Waals surface area contributed by atoms with E-state index in [1.54, 1.807) is 12.1 Å². The molecule has 10 heteroatoms. The van der Waals surface area contributed by atoms with E-state index in [0.29, 0.717) is 0 Å². The van der Waals surface area contributed by atoms with Gasteiger partial charge in [0.2, 0.25) is 10.0 Å². The van der Waals surface area contributed by atoms with Gasteiger partial charge in [0.05, 0.1) is 11.9 Å². The molecule has 0 aliphatic heterocycles. The molecule has 0 radical (unpaired) electrons. The van der Waals surface area contributed by atoms with Crippen LogP contribution in [-0.2, 0) is 14.8 Å². The van der Waals surface area contributed by atoms with Crippen molar-refractivity contribution < 1.29 is 17.6 Å². The molecule has 2 aromatic rings. The minimum atomic E-state index is -3.74. The molecule has 0 spiro atoms. The molecule has 0 fully saturated rings. The van der Waals surface area contributed by atoms with Crippen molar-refractivity contribution in [1.82, 2.24) is 10.9 Å². The number of carbonyl (C=O) groups excluding carboxylic acids is 1. The number of hydrazine groups is 1. The summed E-state index contributed by atoms with van der Waals surface area (Å²) in [7, 11) is -3.74. The second-order valence-corrected chi connectivity index (χ2v) is 7.55. The van der Waals surface area contributed by atoms with Gasteiger partial charge in [-0.3, -0.25) is 20.0 Å². The number of amides is 1. The number of nitrogens with zero attached hydrogens (tertiary/aromatic N) is 1. The number of sulfonamides is 1. The smallest absolute Gasteiger partial charge is 0.259 e. The lowest BCUT2D eigenvalue weighted by Crippen LogP contribution is -2.48. The van der Waals surface area contributed by atoms with E-state index in [4.69, 9.17) is 12.2 Å². The number of rotatable bonds is 5. The first-order valence-electron chi connectivity index (χ1n) is 7.40. The van der Waals surface area contributed by atoms with Gasteiger partial charge in [0.15, 0.2) is 5.11 Å². The van der Waals surface area contributed by atoms with E-state index in [1.165, 1.54) is 12.1 Å². The van der Waals surface area contributed by atoms with Crippen LogP contribution in [0.3, 0.4) is 0 Å². The second-order valence-electron chi connectivity index (χ2n) is 5.24. The Morgan fingerprint density at radius 1 is 1.08 bits per heavy atom. The van der Waals surface area contributed by atoms with Crippen LogP contribution in [0.1, 0.15) is 0 Å². The summed E-state index contributed by atoms with van der Waals surface area (Å²) in [6, 6.07) is 13.8. The van der Waals surface area contributed by atoms with Crippen LogP contribution in [0.5, 0.6) is 0 Å². The Kier molecular flexibility index (Phi) is 6.47. The lowest BCUT2D eigenvalue weighted by Gasteiger charge is -2.22. The highest BCUT2D eigenvalue weighted by atomic mass is 32.2. The molecule has 0 saturated heterocycles. The lowest BCUT2D eigenvalue weighted by atomic mass is 10.3. The Bertz CT molecular complexity index is 874. The maximum atomic E-state index is 13.0. The fourth-order valence-corrected chi connectivity index (χ4v) is 3.01. The average Bonchev–Trinajstić information content (AvgIpc) is 2.59. The second kappa shape index (κ2) is 8.59. The number of hydrogen-bond acceptors (Lipinski definition) is 4. The summed E-state index contributed by atoms with van der Waals surface area (Å²) in [5.41, 5.74) is 5.70. The van der Waals surface area contributed by atoms with E-state index in [1.807, 2.05) is 18.2 Å². The predicted molar refractivity (Wildman–Crippen MR) is 103 cm³/mol. The molecule has 7 nitrogen and oxygen atoms in total. The highest BCUT2D eigenvalue weighted by Crippen LogP contribution is 2.17. The molecule has 0 heterocycles. The number of halogens is 1. The molecule has 3 N–H and O–H groups in total. The van der Waals surface area contributed by atoms with Crippen molar-refractivity contribution in [1.29, 1.82) is 0 Å². The SMILES string of the molecule is CS(=O)(=O)N(CC(=O)NNC(=S)Nc1ccccc1)c1ccc(F)cc1. The maximum absolute atomic E-state index is 13.0. The van der Waals surface area contributed by atoms with Gasteiger partial charge >= 0.3 is 0 Å². The van der Waals surface area contributed by atoms with Gasteiger partial charge in [-0.1, -0.05) is 18.2 Å². The quantitative estimate of drug-likeness (QED) is 0.526. The van der Waals surface area contributed by atoms with E-state index in [0.717, 1.165) is 28.4 Å². The summed E-state index contributed by atoms with van der Waals surface area (Å²) in [4.78, 5) is 12.1. The molecule has 0 bridgehead atoms. The van der Waals surface area contributed by atoms with Crippen LogP contribution in [0, 0.1) is 5.82 Å². The van der Waals surface area contributed by atoms with Crippen LogP contribution in [0.25, 0.3) is 0 Å². The van der Waals surface area contributed by atoms with Gasteiger partial charge in [-0.05, 0) is 48.6 Å². The van der Waals surface area contributed by atoms with Crippen molar-refractivity contribution >= 4 is 44.6 Å². The fraction of sp³-hybridized carbons (Fsp3) is 0.125. The van der Waals surface area contributed by atoms with Crippen LogP contribution in [0.4, 0.5) is 15.8 Å². The Labute approximate surface area is 156 Å². The Balaban J connectivity index is 1.95. The van der Waals surface area contributed by atoms with E-state index in [-0.39, 0.29) is 10.8 Å². The molecule has 0 unspecified atom stereocenters. The van der Waals surface area contributed by atoms with Crippen molar-refractivity contribution in [3.05, 3.63) is 60.4 Å². The van der Waals surface area contributed by atoms with Crippen molar-refractivity contribution in [2.24, 2.45) is 0 Å². The normalized spacial score (nSPS) is 10.7. The van der Waals surface area contributed by atoms with Crippen LogP contribution in [-0.4, -0.2) is 32.2 Å². The molecular formula is C16H17FN4O3S2. The number of thiocarbonyl (C=S) groups is 1. The number of anilines is 2. The fourth-order valence-electron chi connectivity index (χ4n) is 1.99. The van der Waals surface area contributed by atoms with Gasteiger partial charge in [-0.15, -0.1) is 0 Å². The van der Waals surface area contributed by atoms with E-state index in [9.17, 15) is 17.6 Å². The highest BCUT2D eigenvalue weighted by Gasteiger charge is 2.20. The molecule has 0 atom stereocenters. The summed E-state index contributed by atoms with van der Waals surface area (Å²) in [6.45, 7) is -0.495. The minimum Gasteiger partial charge on any atom is -0.331 e. The molecule has 0 saturated carbocycles. The third-order valence-electron chi connectivity index (χ3n) is 3.15. The lowest BCUT2D eigenvalue weighted by molar-refractivity contribution is -0.120. The topological polar surface area (TPSA) is 90.5 Å². The van der Waals surface area contributed by atoms with Crippen molar-refractivity contribution in [2.75, 3.05) is 22.4 Å². The summed E-state index contributed by atoms with van der Waals surface area (Å²) >= 11 is 5.04. The maximum Gasteiger partial charge on any atom is 0.259 e. The monoisotopic (exact) mass is 396 g/mol. The van der Waals surface area contributed by atoms with Crippen LogP contribution < -0.4 is 20.5 Å². The number of hydrogen-bond donors (Lipinski definition) is 3. The largest absolute Gasteiger partial charge is 0.331 e. The first kappa shape index (κ1) is 19.6. The van der Waals surface area contributed by atoms with Crippen LogP contribution in [0.15, 0.2) is 54.6 Å². The highest BCUT2D eigenvalue weighted by molar-refractivity contribution is 7.92. The number of para-hydroxylation sites is 1. The van der Waals surface area contributed by atoms with Gasteiger partial charge in [-0.25, -0.2) is 12.8 Å². The van der Waals surface area contributed by atoms with Gasteiger partial charge in [0.25, 0.3) is 5.91 Å². The minimum absolute atomic E-state index is 0.136. The average molecular weight is 396 g/mol. The third-order valence-corrected chi connectivity index (χ3v) is 4.49. The molecular weight excluding hydrogens is 379 g/mol. The van der Waals surface area contributed by atoms with Crippen LogP contribution in [0.2, 0.25) is 0 Å². The number of nitrogens with one attached hydrogen (secondary N) is 3. The Morgan fingerprint density at radius 2 is 1.69 bits per heavy atom. The Morgan fingerprint density at radius 3 is 2.27 bits per heavy atom. The summed E-state index contributed by atoms with van der Waals surface area (Å²) < 4.78 is 37.7. The summed E-state index contributed by atoms with van der Waals surface area (Å²) in [6.07, 6.45) is 0.957. The van der Waals surface area contributed by atoms with Gasteiger partial charge in [0, 0.05) is 5.69 Å². The van der Waals surface area contributed by atoms with Crippen molar-refractivity contribution in [3.8, 4) is 0 Å². The third kappa shape index (κ3) is 5.97. The predicted octanol–water partition coefficient (Wildman–Crippen LogP) is 1.61. The van der Waals surface area contributed by atoms with Gasteiger partial charge < -0.3 is 5.32 Å². The molecule has 2 rings (SSSR count). The van der Waals surface area contributed by atoms with Crippen molar-refractivity contribution in [2.45, 2.75) is 0 Å². The first-order chi connectivity index (χ1) is 12.3. The zero-order valence-electron chi connectivity index (χ0n) is 13.8. The molecule has 2 aromatic carbocycles. The zero-order valence-corrected chi connectivity index (χ0v) is 15.4. The summed E-state index contributed by atoms with van der Waals surface area (Å²) in [5.74, 6) is -1.15.